The Morgan fingerprint density at radius 3 is 2.60 bits per heavy atom. The van der Waals surface area contributed by atoms with Crippen molar-refractivity contribution in [3.63, 3.8) is 0 Å². The number of hydrogen-bond acceptors (Lipinski definition) is 4. The number of benzene rings is 1. The average molecular weight is 346 g/mol. The molecular formula is C13H10BrF2NO3. The molecule has 106 valence electrons. The Bertz CT molecular complexity index is 608. The molecule has 1 aromatic carbocycles. The first-order chi connectivity index (χ1) is 9.45. The Hall–Kier alpha value is -1.76. The number of rotatable bonds is 4. The molecule has 0 atom stereocenters. The fourth-order valence-corrected chi connectivity index (χ4v) is 1.94. The summed E-state index contributed by atoms with van der Waals surface area (Å²) in [5.74, 6) is -1.77. The molecule has 0 saturated heterocycles. The van der Waals surface area contributed by atoms with Gasteiger partial charge in [-0.15, -0.1) is 0 Å². The number of hydrogen-bond donors (Lipinski definition) is 0. The molecule has 0 spiro atoms. The van der Waals surface area contributed by atoms with E-state index in [4.69, 9.17) is 4.74 Å². The minimum Gasteiger partial charge on any atom is -0.462 e. The monoisotopic (exact) mass is 345 g/mol. The van der Waals surface area contributed by atoms with Gasteiger partial charge in [0.1, 0.15) is 11.3 Å². The molecule has 0 aliphatic rings. The molecule has 7 heteroatoms. The van der Waals surface area contributed by atoms with Crippen LogP contribution in [0.4, 0.5) is 8.78 Å². The van der Waals surface area contributed by atoms with Crippen LogP contribution in [0.1, 0.15) is 23.0 Å². The van der Waals surface area contributed by atoms with Crippen molar-refractivity contribution in [1.82, 2.24) is 5.16 Å². The predicted octanol–water partition coefficient (Wildman–Crippen LogP) is 3.96. The standard InChI is InChI=1S/C13H10BrF2NO3/c1-2-19-12(18)9-10(8-6-4-3-5-7-8)17-20-11(9)13(14,15)16/h3-7H,2H2,1H3. The molecule has 0 aliphatic carbocycles. The molecule has 1 heterocycles. The van der Waals surface area contributed by atoms with Gasteiger partial charge in [-0.25, -0.2) is 4.79 Å². The molecule has 4 nitrogen and oxygen atoms in total. The molecule has 0 aliphatic heterocycles. The van der Waals surface area contributed by atoms with E-state index >= 15 is 0 Å². The molecule has 2 rings (SSSR count). The molecule has 0 bridgehead atoms. The smallest absolute Gasteiger partial charge is 0.361 e. The highest BCUT2D eigenvalue weighted by Gasteiger charge is 2.40. The second kappa shape index (κ2) is 5.70. The van der Waals surface area contributed by atoms with Crippen LogP contribution in [0.15, 0.2) is 34.9 Å². The maximum absolute atomic E-state index is 13.4. The topological polar surface area (TPSA) is 52.3 Å². The number of carbonyl (C=O) groups excluding carboxylic acids is 1. The highest BCUT2D eigenvalue weighted by Crippen LogP contribution is 2.40. The normalized spacial score (nSPS) is 11.4. The minimum absolute atomic E-state index is 0.0261. The lowest BCUT2D eigenvalue weighted by atomic mass is 10.1. The van der Waals surface area contributed by atoms with Crippen LogP contribution in [-0.2, 0) is 9.57 Å². The molecule has 0 fully saturated rings. The summed E-state index contributed by atoms with van der Waals surface area (Å²) in [5.41, 5.74) is 0.139. The fraction of sp³-hybridized carbons (Fsp3) is 0.231. The van der Waals surface area contributed by atoms with E-state index in [0.717, 1.165) is 0 Å². The van der Waals surface area contributed by atoms with E-state index in [-0.39, 0.29) is 17.9 Å². The summed E-state index contributed by atoms with van der Waals surface area (Å²) in [4.78, 5) is 8.39. The SMILES string of the molecule is CCOC(=O)c1c(-c2ccccc2)noc1C(F)(F)Br. The fourth-order valence-electron chi connectivity index (χ4n) is 1.67. The van der Waals surface area contributed by atoms with Gasteiger partial charge in [-0.1, -0.05) is 35.5 Å². The molecule has 2 aromatic rings. The third-order valence-electron chi connectivity index (χ3n) is 2.48. The first-order valence-corrected chi connectivity index (χ1v) is 6.53. The van der Waals surface area contributed by atoms with Crippen LogP contribution < -0.4 is 0 Å². The summed E-state index contributed by atoms with van der Waals surface area (Å²) in [6.07, 6.45) is 0. The molecule has 0 N–H and O–H groups in total. The van der Waals surface area contributed by atoms with Crippen LogP contribution in [0.2, 0.25) is 0 Å². The zero-order chi connectivity index (χ0) is 14.8. The van der Waals surface area contributed by atoms with Crippen molar-refractivity contribution in [1.29, 1.82) is 0 Å². The Morgan fingerprint density at radius 2 is 2.05 bits per heavy atom. The van der Waals surface area contributed by atoms with Crippen molar-refractivity contribution >= 4 is 21.9 Å². The second-order valence-corrected chi connectivity index (χ2v) is 4.82. The van der Waals surface area contributed by atoms with Crippen molar-refractivity contribution in [2.75, 3.05) is 6.61 Å². The average Bonchev–Trinajstić information content (AvgIpc) is 2.84. The van der Waals surface area contributed by atoms with Crippen LogP contribution >= 0.6 is 15.9 Å². The van der Waals surface area contributed by atoms with Crippen molar-refractivity contribution in [3.05, 3.63) is 41.7 Å². The van der Waals surface area contributed by atoms with E-state index < -0.39 is 16.6 Å². The van der Waals surface area contributed by atoms with E-state index in [9.17, 15) is 13.6 Å². The number of esters is 1. The summed E-state index contributed by atoms with van der Waals surface area (Å²) in [6.45, 7) is 1.64. The van der Waals surface area contributed by atoms with Crippen molar-refractivity contribution < 1.29 is 22.8 Å². The number of nitrogens with zero attached hydrogens (tertiary/aromatic N) is 1. The Labute approximate surface area is 121 Å². The van der Waals surface area contributed by atoms with E-state index in [2.05, 4.69) is 25.6 Å². The predicted molar refractivity (Wildman–Crippen MR) is 70.7 cm³/mol. The summed E-state index contributed by atoms with van der Waals surface area (Å²) in [5, 5.41) is 3.57. The van der Waals surface area contributed by atoms with Crippen LogP contribution in [0.25, 0.3) is 11.3 Å². The third kappa shape index (κ3) is 2.87. The highest BCUT2D eigenvalue weighted by molar-refractivity contribution is 9.09. The first-order valence-electron chi connectivity index (χ1n) is 5.74. The quantitative estimate of drug-likeness (QED) is 0.621. The molecule has 0 saturated carbocycles. The minimum atomic E-state index is -3.50. The summed E-state index contributed by atoms with van der Waals surface area (Å²) in [6, 6.07) is 8.43. The van der Waals surface area contributed by atoms with Crippen molar-refractivity contribution in [2.45, 2.75) is 11.8 Å². The zero-order valence-corrected chi connectivity index (χ0v) is 12.0. The molecule has 0 amide bonds. The van der Waals surface area contributed by atoms with Crippen LogP contribution in [0.5, 0.6) is 0 Å². The molecule has 0 unspecified atom stereocenters. The van der Waals surface area contributed by atoms with Crippen LogP contribution in [0, 0.1) is 0 Å². The zero-order valence-electron chi connectivity index (χ0n) is 10.4. The van der Waals surface area contributed by atoms with Gasteiger partial charge in [-0.2, -0.15) is 8.78 Å². The number of alkyl halides is 3. The molecule has 20 heavy (non-hydrogen) atoms. The number of carbonyl (C=O) groups is 1. The van der Waals surface area contributed by atoms with Gasteiger partial charge in [0.15, 0.2) is 0 Å². The largest absolute Gasteiger partial charge is 0.462 e. The van der Waals surface area contributed by atoms with E-state index in [1.165, 1.54) is 0 Å². The number of ether oxygens (including phenoxy) is 1. The van der Waals surface area contributed by atoms with Gasteiger partial charge in [0.25, 0.3) is 0 Å². The first kappa shape index (κ1) is 14.6. The lowest BCUT2D eigenvalue weighted by Gasteiger charge is -2.07. The van der Waals surface area contributed by atoms with Crippen molar-refractivity contribution in [2.24, 2.45) is 0 Å². The third-order valence-corrected chi connectivity index (χ3v) is 2.84. The van der Waals surface area contributed by atoms with Crippen molar-refractivity contribution in [3.8, 4) is 11.3 Å². The Balaban J connectivity index is 2.59. The van der Waals surface area contributed by atoms with Crippen LogP contribution in [-0.4, -0.2) is 17.7 Å². The lowest BCUT2D eigenvalue weighted by molar-refractivity contribution is 0.0482. The Morgan fingerprint density at radius 1 is 1.40 bits per heavy atom. The van der Waals surface area contributed by atoms with Gasteiger partial charge in [-0.05, 0) is 22.9 Å². The number of aromatic nitrogens is 1. The summed E-state index contributed by atoms with van der Waals surface area (Å²) < 4.78 is 36.3. The summed E-state index contributed by atoms with van der Waals surface area (Å²) in [7, 11) is 0. The van der Waals surface area contributed by atoms with E-state index in [1.807, 2.05) is 0 Å². The van der Waals surface area contributed by atoms with Gasteiger partial charge in [-0.3, -0.25) is 0 Å². The van der Waals surface area contributed by atoms with Gasteiger partial charge in [0.05, 0.1) is 6.61 Å². The molecule has 1 aromatic heterocycles. The van der Waals surface area contributed by atoms with Gasteiger partial charge >= 0.3 is 10.8 Å². The highest BCUT2D eigenvalue weighted by atomic mass is 79.9. The summed E-state index contributed by atoms with van der Waals surface area (Å²) >= 11 is 2.17. The van der Waals surface area contributed by atoms with Gasteiger partial charge in [0, 0.05) is 5.56 Å². The molecule has 0 radical (unpaired) electrons. The Kier molecular flexibility index (Phi) is 4.17. The lowest BCUT2D eigenvalue weighted by Crippen LogP contribution is -2.12. The molecular weight excluding hydrogens is 336 g/mol. The van der Waals surface area contributed by atoms with E-state index in [0.29, 0.717) is 5.56 Å². The number of halogens is 3. The second-order valence-electron chi connectivity index (χ2n) is 3.82. The maximum atomic E-state index is 13.4. The van der Waals surface area contributed by atoms with E-state index in [1.54, 1.807) is 37.3 Å². The van der Waals surface area contributed by atoms with Gasteiger partial charge in [0.2, 0.25) is 5.76 Å². The van der Waals surface area contributed by atoms with Gasteiger partial charge < -0.3 is 9.26 Å². The maximum Gasteiger partial charge on any atom is 0.361 e. The van der Waals surface area contributed by atoms with Crippen LogP contribution in [0.3, 0.4) is 0 Å².